The molecule has 3 aromatic rings. The highest BCUT2D eigenvalue weighted by Crippen LogP contribution is 2.52. The number of nitrogen functional groups attached to an aromatic ring is 1. The Morgan fingerprint density at radius 1 is 0.927 bits per heavy atom. The van der Waals surface area contributed by atoms with Crippen molar-refractivity contribution in [2.45, 2.75) is 153 Å². The van der Waals surface area contributed by atoms with Gasteiger partial charge >= 0.3 is 7.82 Å². The fourth-order valence-electron chi connectivity index (χ4n) is 7.21. The SMILES string of the molecule is CCCCCCCCCCCCCCCC[C@H](COP(=O)(O)OC[C@@]1(C#N)O[C@@H](c2ccc3c(N)ncnn23)[C@@H]2OC(C)(C)O[C@@H]21)Oc1ccc(C#N)cn1. The van der Waals surface area contributed by atoms with Gasteiger partial charge in [-0.05, 0) is 44.9 Å². The van der Waals surface area contributed by atoms with Gasteiger partial charge < -0.3 is 29.6 Å². The van der Waals surface area contributed by atoms with Crippen LogP contribution in [0.4, 0.5) is 5.82 Å². The van der Waals surface area contributed by atoms with E-state index in [2.05, 4.69) is 28.1 Å². The number of hydrogen-bond donors (Lipinski definition) is 2. The van der Waals surface area contributed by atoms with E-state index in [1.165, 1.54) is 76.7 Å². The first-order valence-electron chi connectivity index (χ1n) is 19.7. The van der Waals surface area contributed by atoms with Crippen LogP contribution in [0.2, 0.25) is 0 Å². The third-order valence-corrected chi connectivity index (χ3v) is 11.0. The molecular formula is C39H56N7O8P. The average Bonchev–Trinajstić information content (AvgIpc) is 3.83. The van der Waals surface area contributed by atoms with E-state index >= 15 is 0 Å². The molecule has 0 aliphatic carbocycles. The van der Waals surface area contributed by atoms with E-state index in [4.69, 9.17) is 39.0 Å². The van der Waals surface area contributed by atoms with Gasteiger partial charge in [0.05, 0.1) is 17.9 Å². The van der Waals surface area contributed by atoms with Crippen molar-refractivity contribution in [1.29, 1.82) is 10.5 Å². The second-order valence-electron chi connectivity index (χ2n) is 14.9. The Hall–Kier alpha value is -3.66. The van der Waals surface area contributed by atoms with Gasteiger partial charge in [-0.2, -0.15) is 15.6 Å². The maximum atomic E-state index is 13.3. The molecule has 3 aromatic heterocycles. The van der Waals surface area contributed by atoms with Gasteiger partial charge in [0.1, 0.15) is 55.0 Å². The number of hydrogen-bond acceptors (Lipinski definition) is 13. The van der Waals surface area contributed by atoms with E-state index in [-0.39, 0.29) is 18.3 Å². The Morgan fingerprint density at radius 3 is 2.22 bits per heavy atom. The van der Waals surface area contributed by atoms with Crippen molar-refractivity contribution in [2.24, 2.45) is 0 Å². The molecule has 0 amide bonds. The summed E-state index contributed by atoms with van der Waals surface area (Å²) in [5.74, 6) is -0.566. The molecule has 55 heavy (non-hydrogen) atoms. The lowest BCUT2D eigenvalue weighted by atomic mass is 9.96. The number of phosphoric acid groups is 1. The number of phosphoric ester groups is 1. The normalized spacial score (nSPS) is 23.2. The first-order chi connectivity index (χ1) is 26.5. The number of unbranched alkanes of at least 4 members (excludes halogenated alkanes) is 13. The van der Waals surface area contributed by atoms with Crippen LogP contribution in [0, 0.1) is 22.7 Å². The van der Waals surface area contributed by atoms with Crippen LogP contribution in [0.25, 0.3) is 5.52 Å². The molecule has 6 atom stereocenters. The first kappa shape index (κ1) is 42.5. The highest BCUT2D eigenvalue weighted by molar-refractivity contribution is 7.47. The summed E-state index contributed by atoms with van der Waals surface area (Å²) in [5, 5.41) is 23.9. The van der Waals surface area contributed by atoms with Crippen LogP contribution in [0.1, 0.15) is 134 Å². The third-order valence-electron chi connectivity index (χ3n) is 10.1. The van der Waals surface area contributed by atoms with Gasteiger partial charge in [0, 0.05) is 12.3 Å². The summed E-state index contributed by atoms with van der Waals surface area (Å²) in [7, 11) is -4.75. The minimum absolute atomic E-state index is 0.259. The van der Waals surface area contributed by atoms with Crippen molar-refractivity contribution in [3.05, 3.63) is 48.0 Å². The Balaban J connectivity index is 1.14. The number of anilines is 1. The van der Waals surface area contributed by atoms with Gasteiger partial charge in [0.15, 0.2) is 11.6 Å². The van der Waals surface area contributed by atoms with Crippen LogP contribution in [0.3, 0.4) is 0 Å². The monoisotopic (exact) mass is 781 g/mol. The zero-order valence-electron chi connectivity index (χ0n) is 32.3. The van der Waals surface area contributed by atoms with Crippen molar-refractivity contribution >= 4 is 19.2 Å². The van der Waals surface area contributed by atoms with Crippen LogP contribution in [-0.4, -0.2) is 67.4 Å². The Bertz CT molecular complexity index is 1790. The number of nitrogens with two attached hydrogens (primary N) is 1. The predicted octanol–water partition coefficient (Wildman–Crippen LogP) is 7.88. The number of nitriles is 2. The maximum absolute atomic E-state index is 13.3. The van der Waals surface area contributed by atoms with Gasteiger partial charge in [-0.25, -0.2) is 19.0 Å². The standard InChI is InChI=1S/C39H56N7O8P/c1-4-5-6-7-8-9-10-11-12-13-14-15-16-17-18-30(51-33-22-19-29(23-40)24-43-33)25-49-55(47,48)50-27-39(26-41)36-35(52-38(2,3)54-36)34(53-39)31-20-21-32-37(42)44-28-45-46(31)32/h19-22,24,28,30,34-36H,4-18,25,27H2,1-3H3,(H,47,48)(H2,42,44,45)/t30-,34+,35+,36+,39-/m1/s1. The zero-order valence-corrected chi connectivity index (χ0v) is 33.2. The van der Waals surface area contributed by atoms with Crippen molar-refractivity contribution < 1.29 is 37.5 Å². The van der Waals surface area contributed by atoms with E-state index < -0.39 is 50.2 Å². The average molecular weight is 782 g/mol. The fourth-order valence-corrected chi connectivity index (χ4v) is 7.99. The molecule has 0 saturated carbocycles. The number of rotatable bonds is 24. The van der Waals surface area contributed by atoms with Gasteiger partial charge in [0.25, 0.3) is 0 Å². The summed E-state index contributed by atoms with van der Waals surface area (Å²) in [6, 6.07) is 10.8. The number of aromatic nitrogens is 4. The zero-order chi connectivity index (χ0) is 39.3. The second kappa shape index (κ2) is 20.0. The molecule has 1 unspecified atom stereocenters. The lowest BCUT2D eigenvalue weighted by Gasteiger charge is -2.29. The molecule has 5 heterocycles. The maximum Gasteiger partial charge on any atom is 0.472 e. The minimum atomic E-state index is -4.75. The summed E-state index contributed by atoms with van der Waals surface area (Å²) < 4.78 is 50.5. The Kier molecular flexibility index (Phi) is 15.4. The Morgan fingerprint density at radius 2 is 1.60 bits per heavy atom. The molecule has 0 bridgehead atoms. The smallest absolute Gasteiger partial charge is 0.472 e. The highest BCUT2D eigenvalue weighted by Gasteiger charge is 2.65. The largest absolute Gasteiger partial charge is 0.472 e. The molecule has 16 heteroatoms. The van der Waals surface area contributed by atoms with Gasteiger partial charge in [-0.15, -0.1) is 0 Å². The molecule has 2 aliphatic heterocycles. The summed E-state index contributed by atoms with van der Waals surface area (Å²) in [6.45, 7) is 4.73. The van der Waals surface area contributed by atoms with E-state index in [9.17, 15) is 14.7 Å². The van der Waals surface area contributed by atoms with Crippen LogP contribution < -0.4 is 10.5 Å². The summed E-state index contributed by atoms with van der Waals surface area (Å²) in [5.41, 5.74) is 5.65. The van der Waals surface area contributed by atoms with Crippen LogP contribution in [-0.2, 0) is 27.8 Å². The van der Waals surface area contributed by atoms with Gasteiger partial charge in [-0.3, -0.25) is 9.05 Å². The number of pyridine rings is 1. The molecular weight excluding hydrogens is 725 g/mol. The summed E-state index contributed by atoms with van der Waals surface area (Å²) in [6.07, 6.45) is 17.1. The van der Waals surface area contributed by atoms with Crippen molar-refractivity contribution in [1.82, 2.24) is 19.6 Å². The molecule has 2 fully saturated rings. The van der Waals surface area contributed by atoms with Crippen molar-refractivity contribution in [3.8, 4) is 18.0 Å². The molecule has 2 saturated heterocycles. The van der Waals surface area contributed by atoms with E-state index in [0.717, 1.165) is 25.7 Å². The molecule has 5 rings (SSSR count). The number of fused-ring (bicyclic) bond motifs is 2. The second-order valence-corrected chi connectivity index (χ2v) is 16.4. The third kappa shape index (κ3) is 11.7. The summed E-state index contributed by atoms with van der Waals surface area (Å²) >= 11 is 0. The fraction of sp³-hybridized carbons (Fsp3) is 0.667. The van der Waals surface area contributed by atoms with E-state index in [1.54, 1.807) is 42.6 Å². The van der Waals surface area contributed by atoms with Crippen molar-refractivity contribution in [3.63, 3.8) is 0 Å². The quantitative estimate of drug-likeness (QED) is 0.0654. The van der Waals surface area contributed by atoms with Gasteiger partial charge in [0.2, 0.25) is 11.5 Å². The number of nitrogens with zero attached hydrogens (tertiary/aromatic N) is 6. The molecule has 15 nitrogen and oxygen atoms in total. The molecule has 0 radical (unpaired) electrons. The molecule has 3 N–H and O–H groups in total. The lowest BCUT2D eigenvalue weighted by Crippen LogP contribution is -2.45. The minimum Gasteiger partial charge on any atom is -0.472 e. The number of ether oxygens (including phenoxy) is 4. The molecule has 300 valence electrons. The van der Waals surface area contributed by atoms with E-state index in [1.807, 2.05) is 6.07 Å². The van der Waals surface area contributed by atoms with Crippen LogP contribution in [0.15, 0.2) is 36.8 Å². The molecule has 2 aliphatic rings. The topological polar surface area (TPSA) is 209 Å². The predicted molar refractivity (Wildman–Crippen MR) is 203 cm³/mol. The Labute approximate surface area is 324 Å². The molecule has 0 spiro atoms. The summed E-state index contributed by atoms with van der Waals surface area (Å²) in [4.78, 5) is 19.1. The van der Waals surface area contributed by atoms with Crippen LogP contribution >= 0.6 is 7.82 Å². The lowest BCUT2D eigenvalue weighted by molar-refractivity contribution is -0.204. The van der Waals surface area contributed by atoms with Gasteiger partial charge in [-0.1, -0.05) is 90.4 Å². The highest BCUT2D eigenvalue weighted by atomic mass is 31.2. The van der Waals surface area contributed by atoms with Crippen LogP contribution in [0.5, 0.6) is 5.88 Å². The van der Waals surface area contributed by atoms with Crippen molar-refractivity contribution in [2.75, 3.05) is 18.9 Å². The van der Waals surface area contributed by atoms with E-state index in [0.29, 0.717) is 23.2 Å². The molecule has 0 aromatic carbocycles. The first-order valence-corrected chi connectivity index (χ1v) is 21.2.